The van der Waals surface area contributed by atoms with Crippen molar-refractivity contribution >= 4 is 28.2 Å². The van der Waals surface area contributed by atoms with Crippen LogP contribution in [0.3, 0.4) is 0 Å². The van der Waals surface area contributed by atoms with Gasteiger partial charge in [0, 0.05) is 24.2 Å². The topological polar surface area (TPSA) is 106 Å². The van der Waals surface area contributed by atoms with Gasteiger partial charge in [0.15, 0.2) is 5.13 Å². The van der Waals surface area contributed by atoms with Crippen LogP contribution >= 0.6 is 11.3 Å². The second-order valence-corrected chi connectivity index (χ2v) is 8.52. The molecule has 0 aliphatic rings. The summed E-state index contributed by atoms with van der Waals surface area (Å²) in [6.07, 6.45) is 5.61. The van der Waals surface area contributed by atoms with Gasteiger partial charge in [-0.15, -0.1) is 0 Å². The van der Waals surface area contributed by atoms with Crippen molar-refractivity contribution in [1.82, 2.24) is 10.3 Å². The Bertz CT molecular complexity index is 1070. The zero-order valence-corrected chi connectivity index (χ0v) is 19.6. The van der Waals surface area contributed by atoms with Crippen molar-refractivity contribution in [2.45, 2.75) is 39.0 Å². The SMILES string of the molecule is CCCCCCCNC(=O)Nc1nc(-c2ccc(OC)cc2)c(-c2ccc([N+](=O)[O-])cc2)s1. The summed E-state index contributed by atoms with van der Waals surface area (Å²) in [5, 5.41) is 17.2. The van der Waals surface area contributed by atoms with E-state index >= 15 is 0 Å². The Kier molecular flexibility index (Phi) is 8.77. The molecule has 2 aromatic carbocycles. The fourth-order valence-corrected chi connectivity index (χ4v) is 4.31. The highest BCUT2D eigenvalue weighted by Crippen LogP contribution is 2.39. The molecule has 3 rings (SSSR count). The quantitative estimate of drug-likeness (QED) is 0.190. The standard InChI is InChI=1S/C24H28N4O4S/c1-3-4-5-6-7-16-25-23(29)27-24-26-21(17-10-14-20(32-2)15-11-17)22(33-24)18-8-12-19(13-9-18)28(30)31/h8-15H,3-7,16H2,1-2H3,(H2,25,26,27,29). The minimum atomic E-state index is -0.430. The maximum atomic E-state index is 12.4. The van der Waals surface area contributed by atoms with Crippen LogP contribution in [0.2, 0.25) is 0 Å². The van der Waals surface area contributed by atoms with E-state index in [-0.39, 0.29) is 11.7 Å². The number of unbranched alkanes of at least 4 members (excludes halogenated alkanes) is 4. The summed E-state index contributed by atoms with van der Waals surface area (Å²) >= 11 is 1.33. The summed E-state index contributed by atoms with van der Waals surface area (Å²) in [7, 11) is 1.60. The summed E-state index contributed by atoms with van der Waals surface area (Å²) in [4.78, 5) is 28.4. The van der Waals surface area contributed by atoms with E-state index in [1.807, 2.05) is 24.3 Å². The van der Waals surface area contributed by atoms with E-state index in [0.29, 0.717) is 17.4 Å². The van der Waals surface area contributed by atoms with Crippen molar-refractivity contribution in [3.05, 3.63) is 58.6 Å². The van der Waals surface area contributed by atoms with Gasteiger partial charge in [-0.3, -0.25) is 15.4 Å². The van der Waals surface area contributed by atoms with E-state index in [0.717, 1.165) is 34.6 Å². The van der Waals surface area contributed by atoms with Crippen LogP contribution in [0.4, 0.5) is 15.6 Å². The van der Waals surface area contributed by atoms with Gasteiger partial charge in [0.05, 0.1) is 22.6 Å². The average Bonchev–Trinajstić information content (AvgIpc) is 3.25. The first-order valence-electron chi connectivity index (χ1n) is 11.0. The number of nitrogens with zero attached hydrogens (tertiary/aromatic N) is 2. The van der Waals surface area contributed by atoms with E-state index in [9.17, 15) is 14.9 Å². The van der Waals surface area contributed by atoms with Crippen LogP contribution in [-0.2, 0) is 0 Å². The maximum absolute atomic E-state index is 12.4. The molecule has 0 aliphatic heterocycles. The lowest BCUT2D eigenvalue weighted by molar-refractivity contribution is -0.384. The number of methoxy groups -OCH3 is 1. The Balaban J connectivity index is 1.79. The number of nitrogens with one attached hydrogen (secondary N) is 2. The molecule has 0 radical (unpaired) electrons. The van der Waals surface area contributed by atoms with Crippen molar-refractivity contribution in [1.29, 1.82) is 0 Å². The van der Waals surface area contributed by atoms with Gasteiger partial charge >= 0.3 is 6.03 Å². The Hall–Kier alpha value is -3.46. The first kappa shape index (κ1) is 24.2. The second-order valence-electron chi connectivity index (χ2n) is 7.52. The van der Waals surface area contributed by atoms with Crippen molar-refractivity contribution in [3.8, 4) is 27.4 Å². The molecule has 0 atom stereocenters. The molecule has 33 heavy (non-hydrogen) atoms. The molecule has 1 heterocycles. The first-order chi connectivity index (χ1) is 16.0. The molecule has 3 aromatic rings. The van der Waals surface area contributed by atoms with Crippen LogP contribution in [0.5, 0.6) is 5.75 Å². The summed E-state index contributed by atoms with van der Waals surface area (Å²) in [6, 6.07) is 13.5. The van der Waals surface area contributed by atoms with Crippen LogP contribution in [0, 0.1) is 10.1 Å². The summed E-state index contributed by atoms with van der Waals surface area (Å²) in [5.41, 5.74) is 2.34. The van der Waals surface area contributed by atoms with Crippen LogP contribution in [0.25, 0.3) is 21.7 Å². The molecule has 0 saturated carbocycles. The summed E-state index contributed by atoms with van der Waals surface area (Å²) in [6.45, 7) is 2.78. The fourth-order valence-electron chi connectivity index (χ4n) is 3.32. The molecule has 8 nitrogen and oxygen atoms in total. The number of non-ortho nitro benzene ring substituents is 1. The normalized spacial score (nSPS) is 10.6. The molecule has 0 unspecified atom stereocenters. The average molecular weight is 469 g/mol. The van der Waals surface area contributed by atoms with Gasteiger partial charge in [-0.2, -0.15) is 0 Å². The van der Waals surface area contributed by atoms with E-state index in [1.165, 1.54) is 42.7 Å². The molecule has 2 amide bonds. The molecule has 0 saturated heterocycles. The number of aromatic nitrogens is 1. The number of thiazole rings is 1. The van der Waals surface area contributed by atoms with Gasteiger partial charge in [0.2, 0.25) is 0 Å². The molecule has 0 bridgehead atoms. The highest BCUT2D eigenvalue weighted by atomic mass is 32.1. The number of hydrogen-bond donors (Lipinski definition) is 2. The van der Waals surface area contributed by atoms with Gasteiger partial charge in [-0.05, 0) is 48.4 Å². The third-order valence-corrected chi connectivity index (χ3v) is 6.14. The molecular weight excluding hydrogens is 440 g/mol. The highest BCUT2D eigenvalue weighted by molar-refractivity contribution is 7.19. The van der Waals surface area contributed by atoms with Gasteiger partial charge in [-0.1, -0.05) is 43.9 Å². The summed E-state index contributed by atoms with van der Waals surface area (Å²) in [5.74, 6) is 0.725. The third-order valence-electron chi connectivity index (χ3n) is 5.12. The van der Waals surface area contributed by atoms with Gasteiger partial charge in [0.1, 0.15) is 5.75 Å². The van der Waals surface area contributed by atoms with Gasteiger partial charge in [0.25, 0.3) is 5.69 Å². The number of ether oxygens (including phenoxy) is 1. The number of hydrogen-bond acceptors (Lipinski definition) is 6. The number of amides is 2. The molecular formula is C24H28N4O4S. The zero-order chi connectivity index (χ0) is 23.6. The van der Waals surface area contributed by atoms with Crippen molar-refractivity contribution in [3.63, 3.8) is 0 Å². The third kappa shape index (κ3) is 6.76. The lowest BCUT2D eigenvalue weighted by atomic mass is 10.1. The van der Waals surface area contributed by atoms with Crippen LogP contribution < -0.4 is 15.4 Å². The molecule has 0 spiro atoms. The van der Waals surface area contributed by atoms with E-state index in [2.05, 4.69) is 22.5 Å². The Morgan fingerprint density at radius 3 is 2.33 bits per heavy atom. The minimum Gasteiger partial charge on any atom is -0.497 e. The van der Waals surface area contributed by atoms with Crippen molar-refractivity contribution < 1.29 is 14.5 Å². The van der Waals surface area contributed by atoms with Gasteiger partial charge in [-0.25, -0.2) is 9.78 Å². The zero-order valence-electron chi connectivity index (χ0n) is 18.8. The molecule has 174 valence electrons. The number of nitro groups is 1. The van der Waals surface area contributed by atoms with E-state index in [4.69, 9.17) is 4.74 Å². The molecule has 2 N–H and O–H groups in total. The van der Waals surface area contributed by atoms with Crippen molar-refractivity contribution in [2.24, 2.45) is 0 Å². The van der Waals surface area contributed by atoms with Crippen LogP contribution in [-0.4, -0.2) is 29.6 Å². The van der Waals surface area contributed by atoms with Crippen LogP contribution in [0.15, 0.2) is 48.5 Å². The molecule has 9 heteroatoms. The van der Waals surface area contributed by atoms with E-state index in [1.54, 1.807) is 19.2 Å². The Labute approximate surface area is 197 Å². The van der Waals surface area contributed by atoms with Gasteiger partial charge < -0.3 is 10.1 Å². The largest absolute Gasteiger partial charge is 0.497 e. The monoisotopic (exact) mass is 468 g/mol. The lowest BCUT2D eigenvalue weighted by Crippen LogP contribution is -2.29. The maximum Gasteiger partial charge on any atom is 0.321 e. The number of rotatable bonds is 11. The molecule has 0 aliphatic carbocycles. The number of carbonyl (C=O) groups excluding carboxylic acids is 1. The summed E-state index contributed by atoms with van der Waals surface area (Å²) < 4.78 is 5.23. The first-order valence-corrected chi connectivity index (χ1v) is 11.8. The smallest absolute Gasteiger partial charge is 0.321 e. The number of benzene rings is 2. The van der Waals surface area contributed by atoms with Crippen molar-refractivity contribution in [2.75, 3.05) is 19.0 Å². The number of anilines is 1. The minimum absolute atomic E-state index is 0.0194. The van der Waals surface area contributed by atoms with E-state index < -0.39 is 4.92 Å². The molecule has 1 aromatic heterocycles. The predicted molar refractivity (Wildman–Crippen MR) is 132 cm³/mol. The number of urea groups is 1. The number of nitro benzene ring substituents is 1. The Morgan fingerprint density at radius 1 is 1.03 bits per heavy atom. The highest BCUT2D eigenvalue weighted by Gasteiger charge is 2.17. The number of carbonyl (C=O) groups is 1. The fraction of sp³-hybridized carbons (Fsp3) is 0.333. The predicted octanol–water partition coefficient (Wildman–Crippen LogP) is 6.49. The lowest BCUT2D eigenvalue weighted by Gasteiger charge is -2.05. The van der Waals surface area contributed by atoms with Crippen LogP contribution in [0.1, 0.15) is 39.0 Å². The Morgan fingerprint density at radius 2 is 1.70 bits per heavy atom. The second kappa shape index (κ2) is 12.0. The molecule has 0 fully saturated rings.